The monoisotopic (exact) mass is 292 g/mol. The summed E-state index contributed by atoms with van der Waals surface area (Å²) in [5.74, 6) is 1.21. The van der Waals surface area contributed by atoms with Gasteiger partial charge in [0.1, 0.15) is 0 Å². The summed E-state index contributed by atoms with van der Waals surface area (Å²) in [6.07, 6.45) is 6.79. The van der Waals surface area contributed by atoms with Gasteiger partial charge in [-0.15, -0.1) is 0 Å². The first-order valence-corrected chi connectivity index (χ1v) is 7.49. The van der Waals surface area contributed by atoms with Crippen LogP contribution in [0.5, 0.6) is 0 Å². The Labute approximate surface area is 125 Å². The average molecular weight is 292 g/mol. The molecular formula is C14H24N6O. The molecule has 1 saturated carbocycles. The van der Waals surface area contributed by atoms with Gasteiger partial charge < -0.3 is 16.0 Å². The molecule has 1 aliphatic carbocycles. The Morgan fingerprint density at radius 2 is 2.05 bits per heavy atom. The van der Waals surface area contributed by atoms with E-state index in [2.05, 4.69) is 26.0 Å². The van der Waals surface area contributed by atoms with Gasteiger partial charge in [0.15, 0.2) is 5.96 Å². The van der Waals surface area contributed by atoms with E-state index in [0.29, 0.717) is 13.1 Å². The molecule has 0 saturated heterocycles. The molecule has 21 heavy (non-hydrogen) atoms. The second-order valence-electron chi connectivity index (χ2n) is 5.11. The molecule has 0 spiro atoms. The van der Waals surface area contributed by atoms with Crippen LogP contribution in [0.3, 0.4) is 0 Å². The highest BCUT2D eigenvalue weighted by molar-refractivity contribution is 5.81. The maximum absolute atomic E-state index is 11.4. The average Bonchev–Trinajstić information content (AvgIpc) is 3.23. The SMILES string of the molecule is CN=C(NCCCn1cccn1)NCCNC(=O)C1CC1. The lowest BCUT2D eigenvalue weighted by molar-refractivity contribution is -0.122. The molecule has 0 aliphatic heterocycles. The molecule has 1 amide bonds. The van der Waals surface area contributed by atoms with Crippen LogP contribution in [0.2, 0.25) is 0 Å². The summed E-state index contributed by atoms with van der Waals surface area (Å²) in [5.41, 5.74) is 0. The highest BCUT2D eigenvalue weighted by Crippen LogP contribution is 2.28. The van der Waals surface area contributed by atoms with E-state index in [-0.39, 0.29) is 11.8 Å². The number of amides is 1. The predicted molar refractivity (Wildman–Crippen MR) is 81.9 cm³/mol. The number of aromatic nitrogens is 2. The summed E-state index contributed by atoms with van der Waals surface area (Å²) >= 11 is 0. The first kappa shape index (κ1) is 15.3. The zero-order valence-electron chi connectivity index (χ0n) is 12.5. The standard InChI is InChI=1S/C14H24N6O/c1-15-14(17-6-2-10-20-11-3-7-19-20)18-9-8-16-13(21)12-4-5-12/h3,7,11-12H,2,4-6,8-10H2,1H3,(H,16,21)(H2,15,17,18). The fourth-order valence-electron chi connectivity index (χ4n) is 1.96. The maximum Gasteiger partial charge on any atom is 0.223 e. The normalized spacial score (nSPS) is 14.8. The number of carbonyl (C=O) groups is 1. The van der Waals surface area contributed by atoms with Crippen molar-refractivity contribution in [3.8, 4) is 0 Å². The Kier molecular flexibility index (Phi) is 6.05. The van der Waals surface area contributed by atoms with Crippen molar-refractivity contribution in [2.45, 2.75) is 25.8 Å². The van der Waals surface area contributed by atoms with Gasteiger partial charge in [-0.1, -0.05) is 0 Å². The largest absolute Gasteiger partial charge is 0.356 e. The van der Waals surface area contributed by atoms with Crippen molar-refractivity contribution in [2.24, 2.45) is 10.9 Å². The summed E-state index contributed by atoms with van der Waals surface area (Å²) in [6, 6.07) is 1.92. The molecule has 116 valence electrons. The first-order valence-electron chi connectivity index (χ1n) is 7.49. The third-order valence-corrected chi connectivity index (χ3v) is 3.30. The predicted octanol–water partition coefficient (Wildman–Crippen LogP) is -0.0356. The Morgan fingerprint density at radius 3 is 2.71 bits per heavy atom. The van der Waals surface area contributed by atoms with E-state index in [0.717, 1.165) is 38.3 Å². The molecule has 0 radical (unpaired) electrons. The molecule has 1 aromatic rings. The molecule has 0 aromatic carbocycles. The minimum absolute atomic E-state index is 0.180. The maximum atomic E-state index is 11.4. The van der Waals surface area contributed by atoms with E-state index in [1.807, 2.05) is 16.9 Å². The molecule has 1 aliphatic rings. The van der Waals surface area contributed by atoms with Crippen molar-refractivity contribution in [2.75, 3.05) is 26.7 Å². The number of carbonyl (C=O) groups excluding carboxylic acids is 1. The third kappa shape index (κ3) is 5.85. The second kappa shape index (κ2) is 8.28. The van der Waals surface area contributed by atoms with E-state index in [1.54, 1.807) is 13.2 Å². The van der Waals surface area contributed by atoms with Gasteiger partial charge in [0.05, 0.1) is 0 Å². The van der Waals surface area contributed by atoms with Crippen molar-refractivity contribution in [3.05, 3.63) is 18.5 Å². The van der Waals surface area contributed by atoms with Crippen LogP contribution in [0.15, 0.2) is 23.5 Å². The molecule has 2 rings (SSSR count). The minimum atomic E-state index is 0.180. The number of aliphatic imine (C=N–C) groups is 1. The van der Waals surface area contributed by atoms with Crippen LogP contribution in [0.4, 0.5) is 0 Å². The molecule has 3 N–H and O–H groups in total. The lowest BCUT2D eigenvalue weighted by Gasteiger charge is -2.12. The van der Waals surface area contributed by atoms with Crippen LogP contribution in [-0.2, 0) is 11.3 Å². The summed E-state index contributed by atoms with van der Waals surface area (Å²) in [7, 11) is 1.74. The Balaban J connectivity index is 1.50. The van der Waals surface area contributed by atoms with E-state index in [9.17, 15) is 4.79 Å². The second-order valence-corrected chi connectivity index (χ2v) is 5.11. The van der Waals surface area contributed by atoms with Crippen molar-refractivity contribution in [1.29, 1.82) is 0 Å². The van der Waals surface area contributed by atoms with Crippen LogP contribution < -0.4 is 16.0 Å². The number of hydrogen-bond acceptors (Lipinski definition) is 3. The van der Waals surface area contributed by atoms with Crippen LogP contribution in [0.25, 0.3) is 0 Å². The Bertz CT molecular complexity index is 452. The van der Waals surface area contributed by atoms with Crippen molar-refractivity contribution >= 4 is 11.9 Å². The van der Waals surface area contributed by atoms with Crippen LogP contribution in [-0.4, -0.2) is 48.3 Å². The first-order chi connectivity index (χ1) is 10.3. The lowest BCUT2D eigenvalue weighted by Crippen LogP contribution is -2.42. The minimum Gasteiger partial charge on any atom is -0.356 e. The van der Waals surface area contributed by atoms with Crippen molar-refractivity contribution in [3.63, 3.8) is 0 Å². The lowest BCUT2D eigenvalue weighted by atomic mass is 10.4. The quantitative estimate of drug-likeness (QED) is 0.357. The van der Waals surface area contributed by atoms with E-state index < -0.39 is 0 Å². The number of nitrogens with one attached hydrogen (secondary N) is 3. The van der Waals surface area contributed by atoms with Crippen molar-refractivity contribution in [1.82, 2.24) is 25.7 Å². The molecule has 7 nitrogen and oxygen atoms in total. The number of guanidine groups is 1. The molecule has 0 atom stereocenters. The molecular weight excluding hydrogens is 268 g/mol. The zero-order valence-corrected chi connectivity index (χ0v) is 12.5. The van der Waals surface area contributed by atoms with Crippen LogP contribution >= 0.6 is 0 Å². The molecule has 7 heteroatoms. The van der Waals surface area contributed by atoms with Crippen LogP contribution in [0.1, 0.15) is 19.3 Å². The smallest absolute Gasteiger partial charge is 0.223 e. The number of aryl methyl sites for hydroxylation is 1. The molecule has 0 bridgehead atoms. The summed E-state index contributed by atoms with van der Waals surface area (Å²) in [6.45, 7) is 3.02. The topological polar surface area (TPSA) is 83.3 Å². The van der Waals surface area contributed by atoms with Gasteiger partial charge in [0, 0.05) is 51.5 Å². The molecule has 0 unspecified atom stereocenters. The fraction of sp³-hybridized carbons (Fsp3) is 0.643. The summed E-state index contributed by atoms with van der Waals surface area (Å²) < 4.78 is 1.91. The highest BCUT2D eigenvalue weighted by atomic mass is 16.2. The number of hydrogen-bond donors (Lipinski definition) is 3. The van der Waals surface area contributed by atoms with Gasteiger partial charge in [-0.2, -0.15) is 5.10 Å². The van der Waals surface area contributed by atoms with Gasteiger partial charge in [0.2, 0.25) is 5.91 Å². The van der Waals surface area contributed by atoms with Gasteiger partial charge in [-0.25, -0.2) is 0 Å². The van der Waals surface area contributed by atoms with Crippen LogP contribution in [0, 0.1) is 5.92 Å². The van der Waals surface area contributed by atoms with Gasteiger partial charge in [-0.05, 0) is 25.3 Å². The zero-order chi connectivity index (χ0) is 14.9. The molecule has 1 aromatic heterocycles. The van der Waals surface area contributed by atoms with Gasteiger partial charge >= 0.3 is 0 Å². The summed E-state index contributed by atoms with van der Waals surface area (Å²) in [4.78, 5) is 15.6. The fourth-order valence-corrected chi connectivity index (χ4v) is 1.96. The highest BCUT2D eigenvalue weighted by Gasteiger charge is 2.28. The van der Waals surface area contributed by atoms with E-state index in [4.69, 9.17) is 0 Å². The Morgan fingerprint density at radius 1 is 1.29 bits per heavy atom. The molecule has 1 heterocycles. The van der Waals surface area contributed by atoms with E-state index >= 15 is 0 Å². The van der Waals surface area contributed by atoms with Crippen molar-refractivity contribution < 1.29 is 4.79 Å². The molecule has 1 fully saturated rings. The van der Waals surface area contributed by atoms with Gasteiger partial charge in [-0.3, -0.25) is 14.5 Å². The van der Waals surface area contributed by atoms with E-state index in [1.165, 1.54) is 0 Å². The Hall–Kier alpha value is -2.05. The van der Waals surface area contributed by atoms with Gasteiger partial charge in [0.25, 0.3) is 0 Å². The third-order valence-electron chi connectivity index (χ3n) is 3.30. The summed E-state index contributed by atoms with van der Waals surface area (Å²) in [5, 5.41) is 13.5. The number of nitrogens with zero attached hydrogens (tertiary/aromatic N) is 3. The number of rotatable bonds is 8.